The van der Waals surface area contributed by atoms with E-state index in [2.05, 4.69) is 36.4 Å². The summed E-state index contributed by atoms with van der Waals surface area (Å²) in [6.45, 7) is 0. The maximum absolute atomic E-state index is 6.15. The summed E-state index contributed by atoms with van der Waals surface area (Å²) in [5, 5.41) is 6.09. The quantitative estimate of drug-likeness (QED) is 0.232. The Morgan fingerprint density at radius 1 is 0.400 bits per heavy atom. The molecule has 0 aliphatic rings. The van der Waals surface area contributed by atoms with E-state index < -0.39 is 0 Å². The summed E-state index contributed by atoms with van der Waals surface area (Å²) < 4.78 is 18.4. The van der Waals surface area contributed by atoms with E-state index in [-0.39, 0.29) is 0 Å². The Morgan fingerprint density at radius 3 is 1.45 bits per heavy atom. The lowest BCUT2D eigenvalue weighted by atomic mass is 10.1. The lowest BCUT2D eigenvalue weighted by Gasteiger charge is -2.23. The standard InChI is InChI=1S/C34H19N3O3/c1-5-11-28-21(7-1)24-14-17-31(35-33(24)39-28)37(20-13-16-30-26(19-20)23-9-3-4-10-27(23)38-30)32-18-15-25-22-8-2-6-12-29(22)40-34(25)36-32/h1-19H. The highest BCUT2D eigenvalue weighted by Crippen LogP contribution is 2.40. The zero-order chi connectivity index (χ0) is 26.2. The van der Waals surface area contributed by atoms with Crippen molar-refractivity contribution in [1.82, 2.24) is 9.97 Å². The first-order chi connectivity index (χ1) is 19.8. The SMILES string of the molecule is c1ccc2c(c1)oc1ccc(N(c3ccc4c(n3)oc3ccccc34)c3ccc4c(n3)oc3ccccc34)cc12. The molecule has 188 valence electrons. The first-order valence-corrected chi connectivity index (χ1v) is 13.1. The first-order valence-electron chi connectivity index (χ1n) is 13.1. The van der Waals surface area contributed by atoms with Crippen LogP contribution in [-0.4, -0.2) is 9.97 Å². The van der Waals surface area contributed by atoms with Crippen molar-refractivity contribution in [3.05, 3.63) is 115 Å². The Kier molecular flexibility index (Phi) is 4.24. The van der Waals surface area contributed by atoms with Crippen LogP contribution in [0.15, 0.2) is 129 Å². The fourth-order valence-corrected chi connectivity index (χ4v) is 5.68. The maximum atomic E-state index is 6.15. The molecule has 0 radical (unpaired) electrons. The van der Waals surface area contributed by atoms with Gasteiger partial charge < -0.3 is 13.3 Å². The molecule has 0 aliphatic carbocycles. The Morgan fingerprint density at radius 2 is 0.875 bits per heavy atom. The maximum Gasteiger partial charge on any atom is 0.229 e. The van der Waals surface area contributed by atoms with Gasteiger partial charge in [-0.2, -0.15) is 9.97 Å². The number of aromatic nitrogens is 2. The second kappa shape index (κ2) is 7.94. The van der Waals surface area contributed by atoms with E-state index in [1.54, 1.807) is 0 Å². The van der Waals surface area contributed by atoms with E-state index >= 15 is 0 Å². The highest BCUT2D eigenvalue weighted by Gasteiger charge is 2.21. The number of para-hydroxylation sites is 3. The molecule has 6 heteroatoms. The van der Waals surface area contributed by atoms with Crippen LogP contribution in [0.1, 0.15) is 0 Å². The van der Waals surface area contributed by atoms with Crippen molar-refractivity contribution in [3.8, 4) is 0 Å². The predicted molar refractivity (Wildman–Crippen MR) is 159 cm³/mol. The van der Waals surface area contributed by atoms with Crippen LogP contribution in [0.5, 0.6) is 0 Å². The molecule has 0 atom stereocenters. The van der Waals surface area contributed by atoms with Crippen LogP contribution in [0.3, 0.4) is 0 Å². The van der Waals surface area contributed by atoms with Gasteiger partial charge in [0, 0.05) is 38.0 Å². The third-order valence-electron chi connectivity index (χ3n) is 7.54. The largest absolute Gasteiger partial charge is 0.456 e. The summed E-state index contributed by atoms with van der Waals surface area (Å²) in [6.07, 6.45) is 0. The molecule has 9 rings (SSSR count). The van der Waals surface area contributed by atoms with E-state index in [4.69, 9.17) is 23.2 Å². The Bertz CT molecular complexity index is 2300. The van der Waals surface area contributed by atoms with Crippen molar-refractivity contribution in [2.45, 2.75) is 0 Å². The van der Waals surface area contributed by atoms with Crippen molar-refractivity contribution in [2.24, 2.45) is 0 Å². The summed E-state index contributed by atoms with van der Waals surface area (Å²) in [5.74, 6) is 1.36. The van der Waals surface area contributed by atoms with E-state index in [0.717, 1.165) is 60.3 Å². The van der Waals surface area contributed by atoms with E-state index in [1.165, 1.54) is 0 Å². The van der Waals surface area contributed by atoms with Gasteiger partial charge in [-0.25, -0.2) is 0 Å². The number of nitrogens with zero attached hydrogens (tertiary/aromatic N) is 3. The highest BCUT2D eigenvalue weighted by molar-refractivity contribution is 6.08. The average molecular weight is 518 g/mol. The normalized spacial score (nSPS) is 12.0. The summed E-state index contributed by atoms with van der Waals surface area (Å²) in [6, 6.07) is 38.3. The first kappa shape index (κ1) is 21.3. The average Bonchev–Trinajstić information content (AvgIpc) is 3.67. The molecule has 0 saturated carbocycles. The molecule has 5 aromatic heterocycles. The topological polar surface area (TPSA) is 68.4 Å². The molecule has 40 heavy (non-hydrogen) atoms. The lowest BCUT2D eigenvalue weighted by Crippen LogP contribution is -2.13. The summed E-state index contributed by atoms with van der Waals surface area (Å²) in [7, 11) is 0. The molecular weight excluding hydrogens is 498 g/mol. The van der Waals surface area contributed by atoms with Gasteiger partial charge in [0.2, 0.25) is 11.4 Å². The lowest BCUT2D eigenvalue weighted by molar-refractivity contribution is 0.653. The minimum absolute atomic E-state index is 0.573. The number of hydrogen-bond donors (Lipinski definition) is 0. The monoisotopic (exact) mass is 517 g/mol. The minimum Gasteiger partial charge on any atom is -0.456 e. The van der Waals surface area contributed by atoms with Crippen molar-refractivity contribution in [1.29, 1.82) is 0 Å². The molecule has 5 heterocycles. The van der Waals surface area contributed by atoms with Gasteiger partial charge in [-0.15, -0.1) is 0 Å². The van der Waals surface area contributed by atoms with Crippen LogP contribution in [0.4, 0.5) is 17.3 Å². The number of rotatable bonds is 3. The fraction of sp³-hybridized carbons (Fsp3) is 0. The molecule has 0 bridgehead atoms. The van der Waals surface area contributed by atoms with E-state index in [0.29, 0.717) is 23.1 Å². The predicted octanol–water partition coefficient (Wildman–Crippen LogP) is 9.64. The molecule has 0 amide bonds. The van der Waals surface area contributed by atoms with Crippen LogP contribution in [0.25, 0.3) is 66.1 Å². The van der Waals surface area contributed by atoms with Crippen LogP contribution in [0, 0.1) is 0 Å². The number of benzene rings is 4. The molecule has 0 saturated heterocycles. The molecule has 4 aromatic carbocycles. The van der Waals surface area contributed by atoms with Gasteiger partial charge >= 0.3 is 0 Å². The molecule has 0 unspecified atom stereocenters. The molecule has 0 aliphatic heterocycles. The van der Waals surface area contributed by atoms with E-state index in [9.17, 15) is 0 Å². The second-order valence-electron chi connectivity index (χ2n) is 9.85. The van der Waals surface area contributed by atoms with Gasteiger partial charge in [-0.05, 0) is 60.7 Å². The van der Waals surface area contributed by atoms with Crippen LogP contribution in [-0.2, 0) is 0 Å². The third-order valence-corrected chi connectivity index (χ3v) is 7.54. The summed E-state index contributed by atoms with van der Waals surface area (Å²) >= 11 is 0. The molecule has 0 N–H and O–H groups in total. The van der Waals surface area contributed by atoms with Gasteiger partial charge in [0.05, 0.1) is 0 Å². The molecule has 6 nitrogen and oxygen atoms in total. The Labute approximate surface area is 226 Å². The number of hydrogen-bond acceptors (Lipinski definition) is 6. The number of anilines is 3. The van der Waals surface area contributed by atoms with Gasteiger partial charge in [0.25, 0.3) is 0 Å². The number of fused-ring (bicyclic) bond motifs is 9. The molecular formula is C34H19N3O3. The fourth-order valence-electron chi connectivity index (χ4n) is 5.68. The number of pyridine rings is 2. The van der Waals surface area contributed by atoms with Crippen molar-refractivity contribution in [2.75, 3.05) is 4.90 Å². The van der Waals surface area contributed by atoms with Gasteiger partial charge in [0.1, 0.15) is 34.0 Å². The molecule has 0 fully saturated rings. The van der Waals surface area contributed by atoms with Crippen LogP contribution < -0.4 is 4.90 Å². The van der Waals surface area contributed by atoms with Gasteiger partial charge in [-0.3, -0.25) is 4.90 Å². The van der Waals surface area contributed by atoms with Crippen molar-refractivity contribution < 1.29 is 13.3 Å². The third kappa shape index (κ3) is 3.04. The van der Waals surface area contributed by atoms with Crippen LogP contribution >= 0.6 is 0 Å². The molecule has 0 spiro atoms. The van der Waals surface area contributed by atoms with Crippen molar-refractivity contribution in [3.63, 3.8) is 0 Å². The Balaban J connectivity index is 1.30. The smallest absolute Gasteiger partial charge is 0.229 e. The van der Waals surface area contributed by atoms with Gasteiger partial charge in [-0.1, -0.05) is 54.6 Å². The van der Waals surface area contributed by atoms with E-state index in [1.807, 2.05) is 83.8 Å². The van der Waals surface area contributed by atoms with Crippen molar-refractivity contribution >= 4 is 83.4 Å². The minimum atomic E-state index is 0.573. The Hall–Kier alpha value is -5.62. The number of furan rings is 3. The molecule has 9 aromatic rings. The highest BCUT2D eigenvalue weighted by atomic mass is 16.3. The zero-order valence-corrected chi connectivity index (χ0v) is 21.0. The summed E-state index contributed by atoms with van der Waals surface area (Å²) in [4.78, 5) is 12.0. The summed E-state index contributed by atoms with van der Waals surface area (Å²) in [5.41, 5.74) is 5.33. The van der Waals surface area contributed by atoms with Gasteiger partial charge in [0.15, 0.2) is 0 Å². The zero-order valence-electron chi connectivity index (χ0n) is 21.0. The second-order valence-corrected chi connectivity index (χ2v) is 9.85. The van der Waals surface area contributed by atoms with Crippen LogP contribution in [0.2, 0.25) is 0 Å².